The fourth-order valence-corrected chi connectivity index (χ4v) is 3.93. The van der Waals surface area contributed by atoms with E-state index in [1.165, 1.54) is 17.8 Å². The van der Waals surface area contributed by atoms with Gasteiger partial charge in [0.1, 0.15) is 0 Å². The van der Waals surface area contributed by atoms with Crippen LogP contribution in [-0.4, -0.2) is 12.7 Å². The van der Waals surface area contributed by atoms with E-state index in [1.807, 2.05) is 36.9 Å². The topological polar surface area (TPSA) is 3.24 Å². The molecule has 0 atom stereocenters. The molecule has 1 nitrogen and oxygen atoms in total. The van der Waals surface area contributed by atoms with E-state index in [2.05, 4.69) is 0 Å². The number of alkyl halides is 5. The summed E-state index contributed by atoms with van der Waals surface area (Å²) in [6.45, 7) is 4.39. The van der Waals surface area contributed by atoms with Gasteiger partial charge in [0.2, 0.25) is 0 Å². The Balaban J connectivity index is 2.11. The normalized spacial score (nSPS) is 14.4. The minimum absolute atomic E-state index is 0.399. The SMILES string of the molecule is CCN1c2ccc(C)cc2Sc2cc(C(F)(F)C(F)(F)F)ccc21. The zero-order valence-electron chi connectivity index (χ0n) is 12.9. The lowest BCUT2D eigenvalue weighted by Gasteiger charge is -2.33. The number of hydrogen-bond acceptors (Lipinski definition) is 2. The van der Waals surface area contributed by atoms with Crippen molar-refractivity contribution >= 4 is 23.1 Å². The molecule has 0 unspecified atom stereocenters. The Hall–Kier alpha value is -1.76. The Bertz CT molecular complexity index is 785. The van der Waals surface area contributed by atoms with Gasteiger partial charge in [-0.2, -0.15) is 22.0 Å². The molecule has 0 aromatic heterocycles. The van der Waals surface area contributed by atoms with Gasteiger partial charge in [-0.15, -0.1) is 0 Å². The first-order valence-corrected chi connectivity index (χ1v) is 8.12. The lowest BCUT2D eigenvalue weighted by Crippen LogP contribution is -2.33. The molecule has 0 aliphatic carbocycles. The van der Waals surface area contributed by atoms with E-state index in [4.69, 9.17) is 0 Å². The molecule has 7 heteroatoms. The molecular weight excluding hydrogens is 345 g/mol. The van der Waals surface area contributed by atoms with E-state index in [9.17, 15) is 22.0 Å². The number of fused-ring (bicyclic) bond motifs is 2. The third-order valence-electron chi connectivity index (χ3n) is 3.91. The van der Waals surface area contributed by atoms with Gasteiger partial charge < -0.3 is 4.90 Å². The molecular formula is C17H14F5NS. The minimum atomic E-state index is -5.61. The molecule has 2 aromatic carbocycles. The number of nitrogens with zero attached hydrogens (tertiary/aromatic N) is 1. The van der Waals surface area contributed by atoms with Gasteiger partial charge in [-0.05, 0) is 43.7 Å². The average molecular weight is 359 g/mol. The molecule has 0 fully saturated rings. The van der Waals surface area contributed by atoms with Crippen LogP contribution in [0.1, 0.15) is 18.1 Å². The van der Waals surface area contributed by atoms with Gasteiger partial charge in [0.25, 0.3) is 0 Å². The molecule has 0 bridgehead atoms. The maximum Gasteiger partial charge on any atom is 0.458 e. The van der Waals surface area contributed by atoms with Crippen molar-refractivity contribution in [3.8, 4) is 0 Å². The third kappa shape index (κ3) is 2.64. The van der Waals surface area contributed by atoms with Crippen molar-refractivity contribution in [1.82, 2.24) is 0 Å². The van der Waals surface area contributed by atoms with E-state index in [-0.39, 0.29) is 0 Å². The van der Waals surface area contributed by atoms with Crippen molar-refractivity contribution in [2.24, 2.45) is 0 Å². The smallest absolute Gasteiger partial charge is 0.340 e. The van der Waals surface area contributed by atoms with Crippen molar-refractivity contribution < 1.29 is 22.0 Å². The summed E-state index contributed by atoms with van der Waals surface area (Å²) in [6.07, 6.45) is -5.61. The second-order valence-corrected chi connectivity index (χ2v) is 6.66. The summed E-state index contributed by atoms with van der Waals surface area (Å²) in [5, 5.41) is 0. The number of rotatable bonds is 2. The molecule has 0 saturated heterocycles. The summed E-state index contributed by atoms with van der Waals surface area (Å²) in [5.41, 5.74) is 1.53. The van der Waals surface area contributed by atoms with Crippen molar-refractivity contribution in [2.45, 2.75) is 35.7 Å². The molecule has 1 aliphatic rings. The number of halogens is 5. The summed E-state index contributed by atoms with van der Waals surface area (Å²) in [4.78, 5) is 3.16. The van der Waals surface area contributed by atoms with E-state index < -0.39 is 17.7 Å². The Morgan fingerprint density at radius 1 is 0.917 bits per heavy atom. The summed E-state index contributed by atoms with van der Waals surface area (Å²) >= 11 is 1.21. The maximum absolute atomic E-state index is 13.6. The van der Waals surface area contributed by atoms with Gasteiger partial charge in [-0.25, -0.2) is 0 Å². The zero-order chi connectivity index (χ0) is 17.7. The second kappa shape index (κ2) is 5.65. The van der Waals surface area contributed by atoms with Gasteiger partial charge in [0.05, 0.1) is 11.4 Å². The number of anilines is 2. The van der Waals surface area contributed by atoms with Gasteiger partial charge >= 0.3 is 12.1 Å². The van der Waals surface area contributed by atoms with E-state index >= 15 is 0 Å². The lowest BCUT2D eigenvalue weighted by atomic mass is 10.1. The summed E-state index contributed by atoms with van der Waals surface area (Å²) < 4.78 is 65.1. The molecule has 1 aliphatic heterocycles. The van der Waals surface area contributed by atoms with Crippen molar-refractivity contribution in [3.63, 3.8) is 0 Å². The van der Waals surface area contributed by atoms with E-state index in [1.54, 1.807) is 0 Å². The highest BCUT2D eigenvalue weighted by Crippen LogP contribution is 2.51. The highest BCUT2D eigenvalue weighted by molar-refractivity contribution is 7.99. The summed E-state index contributed by atoms with van der Waals surface area (Å²) in [7, 11) is 0. The van der Waals surface area contributed by atoms with Crippen LogP contribution in [0.4, 0.5) is 33.3 Å². The van der Waals surface area contributed by atoms with Gasteiger partial charge in [0.15, 0.2) is 0 Å². The number of hydrogen-bond donors (Lipinski definition) is 0. The first-order chi connectivity index (χ1) is 11.1. The van der Waals surface area contributed by atoms with Crippen LogP contribution < -0.4 is 4.90 Å². The van der Waals surface area contributed by atoms with Crippen LogP contribution in [-0.2, 0) is 5.92 Å². The van der Waals surface area contributed by atoms with Crippen LogP contribution in [0.3, 0.4) is 0 Å². The van der Waals surface area contributed by atoms with Gasteiger partial charge in [0, 0.05) is 21.9 Å². The first-order valence-electron chi connectivity index (χ1n) is 7.30. The molecule has 24 heavy (non-hydrogen) atoms. The third-order valence-corrected chi connectivity index (χ3v) is 5.01. The van der Waals surface area contributed by atoms with Crippen LogP contribution in [0.5, 0.6) is 0 Å². The van der Waals surface area contributed by atoms with Crippen molar-refractivity contribution in [3.05, 3.63) is 47.5 Å². The Morgan fingerprint density at radius 3 is 2.08 bits per heavy atom. The van der Waals surface area contributed by atoms with E-state index in [0.717, 1.165) is 28.3 Å². The first kappa shape index (κ1) is 17.1. The van der Waals surface area contributed by atoms with Crippen molar-refractivity contribution in [2.75, 3.05) is 11.4 Å². The van der Waals surface area contributed by atoms with Crippen LogP contribution in [0.25, 0.3) is 0 Å². The molecule has 1 heterocycles. The van der Waals surface area contributed by atoms with Crippen molar-refractivity contribution in [1.29, 1.82) is 0 Å². The lowest BCUT2D eigenvalue weighted by molar-refractivity contribution is -0.289. The van der Waals surface area contributed by atoms with Crippen LogP contribution in [0.15, 0.2) is 46.2 Å². The van der Waals surface area contributed by atoms with Crippen LogP contribution in [0.2, 0.25) is 0 Å². The quantitative estimate of drug-likeness (QED) is 0.581. The van der Waals surface area contributed by atoms with E-state index in [0.29, 0.717) is 17.1 Å². The fraction of sp³-hybridized carbons (Fsp3) is 0.294. The molecule has 0 saturated carbocycles. The fourth-order valence-electron chi connectivity index (χ4n) is 2.69. The Labute approximate surface area is 140 Å². The molecule has 0 spiro atoms. The zero-order valence-corrected chi connectivity index (χ0v) is 13.7. The highest BCUT2D eigenvalue weighted by atomic mass is 32.2. The predicted molar refractivity (Wildman–Crippen MR) is 84.4 cm³/mol. The van der Waals surface area contributed by atoms with Gasteiger partial charge in [-0.3, -0.25) is 0 Å². The molecule has 0 amide bonds. The molecule has 0 N–H and O–H groups in total. The standard InChI is InChI=1S/C17H14F5NS/c1-3-23-12-6-4-10(2)8-14(12)24-15-9-11(5-7-13(15)23)16(18,19)17(20,21)22/h4-9H,3H2,1-2H3. The minimum Gasteiger partial charge on any atom is -0.340 e. The second-order valence-electron chi connectivity index (χ2n) is 5.57. The van der Waals surface area contributed by atoms with Crippen LogP contribution >= 0.6 is 11.8 Å². The van der Waals surface area contributed by atoms with Gasteiger partial charge in [-0.1, -0.05) is 23.9 Å². The number of benzene rings is 2. The Kier molecular flexibility index (Phi) is 4.02. The monoisotopic (exact) mass is 359 g/mol. The largest absolute Gasteiger partial charge is 0.458 e. The highest BCUT2D eigenvalue weighted by Gasteiger charge is 2.58. The average Bonchev–Trinajstić information content (AvgIpc) is 2.50. The predicted octanol–water partition coefficient (Wildman–Crippen LogP) is 6.27. The molecule has 128 valence electrons. The Morgan fingerprint density at radius 2 is 1.50 bits per heavy atom. The molecule has 3 rings (SSSR count). The maximum atomic E-state index is 13.6. The molecule has 0 radical (unpaired) electrons. The molecule has 2 aromatic rings. The number of aryl methyl sites for hydroxylation is 1. The summed E-state index contributed by atoms with van der Waals surface area (Å²) in [6, 6.07) is 8.92. The summed E-state index contributed by atoms with van der Waals surface area (Å²) in [5.74, 6) is -4.87. The van der Waals surface area contributed by atoms with Crippen LogP contribution in [0, 0.1) is 6.92 Å².